The van der Waals surface area contributed by atoms with Crippen molar-refractivity contribution in [3.05, 3.63) is 29.8 Å². The van der Waals surface area contributed by atoms with E-state index in [1.165, 1.54) is 5.56 Å². The molecule has 0 aliphatic heterocycles. The molecule has 96 valence electrons. The second-order valence-electron chi connectivity index (χ2n) is 4.60. The summed E-state index contributed by atoms with van der Waals surface area (Å²) in [5.41, 5.74) is 1.23. The Bertz CT molecular complexity index is 309. The van der Waals surface area contributed by atoms with Crippen LogP contribution in [-0.4, -0.2) is 23.9 Å². The molecule has 0 aliphatic carbocycles. The molecule has 0 amide bonds. The molecule has 0 saturated heterocycles. The molecule has 0 heterocycles. The molecule has 17 heavy (non-hydrogen) atoms. The van der Waals surface area contributed by atoms with E-state index < -0.39 is 0 Å². The van der Waals surface area contributed by atoms with Crippen molar-refractivity contribution < 1.29 is 9.84 Å². The first-order valence-corrected chi connectivity index (χ1v) is 6.21. The first-order valence-electron chi connectivity index (χ1n) is 6.21. The molecule has 1 atom stereocenters. The largest absolute Gasteiger partial charge is 0.491 e. The smallest absolute Gasteiger partial charge is 0.119 e. The Hall–Kier alpha value is -1.06. The van der Waals surface area contributed by atoms with Crippen molar-refractivity contribution in [1.82, 2.24) is 5.32 Å². The van der Waals surface area contributed by atoms with Crippen LogP contribution < -0.4 is 10.1 Å². The Labute approximate surface area is 104 Å². The lowest BCUT2D eigenvalue weighted by Gasteiger charge is -2.13. The molecule has 1 aromatic carbocycles. The number of ether oxygens (including phenoxy) is 1. The lowest BCUT2D eigenvalue weighted by molar-refractivity contribution is 0.242. The zero-order valence-corrected chi connectivity index (χ0v) is 10.9. The number of aliphatic hydroxyl groups excluding tert-OH is 1. The van der Waals surface area contributed by atoms with Gasteiger partial charge in [0.15, 0.2) is 0 Å². The fourth-order valence-corrected chi connectivity index (χ4v) is 1.55. The van der Waals surface area contributed by atoms with Gasteiger partial charge in [0.05, 0.1) is 6.10 Å². The summed E-state index contributed by atoms with van der Waals surface area (Å²) in [6.07, 6.45) is 0.998. The van der Waals surface area contributed by atoms with Gasteiger partial charge in [-0.25, -0.2) is 0 Å². The molecule has 1 unspecified atom stereocenters. The maximum atomic E-state index is 8.80. The summed E-state index contributed by atoms with van der Waals surface area (Å²) in [6, 6.07) is 8.46. The van der Waals surface area contributed by atoms with Crippen LogP contribution in [0.5, 0.6) is 5.75 Å². The van der Waals surface area contributed by atoms with Crippen molar-refractivity contribution >= 4 is 0 Å². The third kappa shape index (κ3) is 5.71. The Morgan fingerprint density at radius 1 is 1.18 bits per heavy atom. The Kier molecular flexibility index (Phi) is 6.01. The summed E-state index contributed by atoms with van der Waals surface area (Å²) < 4.78 is 5.58. The molecule has 0 bridgehead atoms. The SMILES string of the molecule is CC(CCO)NCc1ccc(OC(C)C)cc1. The number of aliphatic hydroxyl groups is 1. The van der Waals surface area contributed by atoms with Crippen LogP contribution in [0, 0.1) is 0 Å². The van der Waals surface area contributed by atoms with E-state index in [2.05, 4.69) is 24.4 Å². The molecule has 0 radical (unpaired) electrons. The highest BCUT2D eigenvalue weighted by atomic mass is 16.5. The van der Waals surface area contributed by atoms with E-state index >= 15 is 0 Å². The van der Waals surface area contributed by atoms with Crippen molar-refractivity contribution in [3.8, 4) is 5.75 Å². The summed E-state index contributed by atoms with van der Waals surface area (Å²) in [4.78, 5) is 0. The van der Waals surface area contributed by atoms with Crippen LogP contribution in [0.3, 0.4) is 0 Å². The van der Waals surface area contributed by atoms with Gasteiger partial charge in [-0.3, -0.25) is 0 Å². The molecule has 3 heteroatoms. The van der Waals surface area contributed by atoms with Crippen molar-refractivity contribution in [2.24, 2.45) is 0 Å². The van der Waals surface area contributed by atoms with E-state index in [9.17, 15) is 0 Å². The minimum absolute atomic E-state index is 0.212. The molecule has 3 nitrogen and oxygen atoms in total. The average molecular weight is 237 g/mol. The van der Waals surface area contributed by atoms with Gasteiger partial charge in [-0.05, 0) is 44.9 Å². The van der Waals surface area contributed by atoms with Gasteiger partial charge < -0.3 is 15.2 Å². The maximum absolute atomic E-state index is 8.80. The summed E-state index contributed by atoms with van der Waals surface area (Å²) in [5.74, 6) is 0.909. The molecule has 0 saturated carbocycles. The minimum atomic E-state index is 0.212. The van der Waals surface area contributed by atoms with Gasteiger partial charge in [-0.15, -0.1) is 0 Å². The summed E-state index contributed by atoms with van der Waals surface area (Å²) >= 11 is 0. The van der Waals surface area contributed by atoms with Crippen LogP contribution >= 0.6 is 0 Å². The molecular formula is C14H23NO2. The molecule has 1 rings (SSSR count). The highest BCUT2D eigenvalue weighted by molar-refractivity contribution is 5.27. The molecule has 0 spiro atoms. The van der Waals surface area contributed by atoms with Crippen LogP contribution in [0.1, 0.15) is 32.8 Å². The highest BCUT2D eigenvalue weighted by Crippen LogP contribution is 2.13. The van der Waals surface area contributed by atoms with Crippen molar-refractivity contribution in [3.63, 3.8) is 0 Å². The average Bonchev–Trinajstić information content (AvgIpc) is 2.28. The van der Waals surface area contributed by atoms with Crippen LogP contribution in [0.25, 0.3) is 0 Å². The zero-order valence-electron chi connectivity index (χ0n) is 10.9. The second-order valence-corrected chi connectivity index (χ2v) is 4.60. The van der Waals surface area contributed by atoms with Crippen LogP contribution in [0.4, 0.5) is 0 Å². The number of hydrogen-bond acceptors (Lipinski definition) is 3. The van der Waals surface area contributed by atoms with Crippen LogP contribution in [0.15, 0.2) is 24.3 Å². The fourth-order valence-electron chi connectivity index (χ4n) is 1.55. The Balaban J connectivity index is 2.40. The molecular weight excluding hydrogens is 214 g/mol. The molecule has 1 aromatic rings. The van der Waals surface area contributed by atoms with Gasteiger partial charge in [-0.2, -0.15) is 0 Å². The normalized spacial score (nSPS) is 12.8. The number of rotatable bonds is 7. The van der Waals surface area contributed by atoms with Crippen molar-refractivity contribution in [1.29, 1.82) is 0 Å². The summed E-state index contributed by atoms with van der Waals surface area (Å²) in [6.45, 7) is 7.17. The van der Waals surface area contributed by atoms with E-state index in [1.807, 2.05) is 26.0 Å². The third-order valence-electron chi connectivity index (χ3n) is 2.51. The standard InChI is InChI=1S/C14H23NO2/c1-11(2)17-14-6-4-13(5-7-14)10-15-12(3)8-9-16/h4-7,11-12,15-16H,8-10H2,1-3H3. The van der Waals surface area contributed by atoms with Gasteiger partial charge in [0, 0.05) is 19.2 Å². The molecule has 0 fully saturated rings. The summed E-state index contributed by atoms with van der Waals surface area (Å²) in [7, 11) is 0. The van der Waals surface area contributed by atoms with Gasteiger partial charge in [-0.1, -0.05) is 12.1 Å². The van der Waals surface area contributed by atoms with E-state index in [1.54, 1.807) is 0 Å². The number of hydrogen-bond donors (Lipinski definition) is 2. The van der Waals surface area contributed by atoms with Crippen LogP contribution in [0.2, 0.25) is 0 Å². The van der Waals surface area contributed by atoms with Gasteiger partial charge in [0.25, 0.3) is 0 Å². The number of benzene rings is 1. The van der Waals surface area contributed by atoms with E-state index in [0.717, 1.165) is 18.7 Å². The molecule has 2 N–H and O–H groups in total. The minimum Gasteiger partial charge on any atom is -0.491 e. The first kappa shape index (κ1) is 14.0. The predicted molar refractivity (Wildman–Crippen MR) is 70.2 cm³/mol. The van der Waals surface area contributed by atoms with Crippen molar-refractivity contribution in [2.45, 2.75) is 45.9 Å². The van der Waals surface area contributed by atoms with Gasteiger partial charge >= 0.3 is 0 Å². The zero-order chi connectivity index (χ0) is 12.7. The first-order chi connectivity index (χ1) is 8.11. The quantitative estimate of drug-likeness (QED) is 0.765. The van der Waals surface area contributed by atoms with E-state index in [4.69, 9.17) is 9.84 Å². The maximum Gasteiger partial charge on any atom is 0.119 e. The second kappa shape index (κ2) is 7.30. The Morgan fingerprint density at radius 3 is 2.35 bits per heavy atom. The van der Waals surface area contributed by atoms with E-state index in [-0.39, 0.29) is 12.7 Å². The fraction of sp³-hybridized carbons (Fsp3) is 0.571. The topological polar surface area (TPSA) is 41.5 Å². The van der Waals surface area contributed by atoms with Gasteiger partial charge in [0.1, 0.15) is 5.75 Å². The highest BCUT2D eigenvalue weighted by Gasteiger charge is 2.01. The molecule has 0 aliphatic rings. The van der Waals surface area contributed by atoms with E-state index in [0.29, 0.717) is 6.04 Å². The third-order valence-corrected chi connectivity index (χ3v) is 2.51. The lowest BCUT2D eigenvalue weighted by Crippen LogP contribution is -2.26. The number of nitrogens with one attached hydrogen (secondary N) is 1. The van der Waals surface area contributed by atoms with Crippen molar-refractivity contribution in [2.75, 3.05) is 6.61 Å². The van der Waals surface area contributed by atoms with Gasteiger partial charge in [0.2, 0.25) is 0 Å². The lowest BCUT2D eigenvalue weighted by atomic mass is 10.2. The van der Waals surface area contributed by atoms with Crippen LogP contribution in [-0.2, 0) is 6.54 Å². The summed E-state index contributed by atoms with van der Waals surface area (Å²) in [5, 5.41) is 12.2. The molecule has 0 aromatic heterocycles. The monoisotopic (exact) mass is 237 g/mol. The Morgan fingerprint density at radius 2 is 1.82 bits per heavy atom. The predicted octanol–water partition coefficient (Wildman–Crippen LogP) is 2.33.